The van der Waals surface area contributed by atoms with Gasteiger partial charge in [0, 0.05) is 12.1 Å². The Hall–Kier alpha value is -0.820. The molecule has 0 radical (unpaired) electrons. The molecular formula is C14H19N. The molecule has 1 saturated carbocycles. The van der Waals surface area contributed by atoms with Crippen LogP contribution in [0.3, 0.4) is 0 Å². The summed E-state index contributed by atoms with van der Waals surface area (Å²) >= 11 is 0. The van der Waals surface area contributed by atoms with Crippen LogP contribution in [0.25, 0.3) is 0 Å². The van der Waals surface area contributed by atoms with E-state index in [9.17, 15) is 0 Å². The first-order valence-corrected chi connectivity index (χ1v) is 6.16. The Bertz CT molecular complexity index is 366. The van der Waals surface area contributed by atoms with Crippen molar-refractivity contribution in [2.75, 3.05) is 0 Å². The van der Waals surface area contributed by atoms with Crippen molar-refractivity contribution >= 4 is 0 Å². The van der Waals surface area contributed by atoms with E-state index in [1.807, 2.05) is 0 Å². The van der Waals surface area contributed by atoms with Crippen LogP contribution in [0.4, 0.5) is 0 Å². The molecule has 1 aromatic rings. The lowest BCUT2D eigenvalue weighted by atomic mass is 9.86. The van der Waals surface area contributed by atoms with Gasteiger partial charge in [0.2, 0.25) is 0 Å². The fourth-order valence-corrected chi connectivity index (χ4v) is 2.69. The largest absolute Gasteiger partial charge is 0.311 e. The average molecular weight is 201 g/mol. The average Bonchev–Trinajstić information content (AvgIpc) is 3.03. The van der Waals surface area contributed by atoms with Gasteiger partial charge in [0.1, 0.15) is 0 Å². The first-order chi connectivity index (χ1) is 7.33. The number of fused-ring (bicyclic) bond motifs is 1. The highest BCUT2D eigenvalue weighted by atomic mass is 15.0. The third-order valence-corrected chi connectivity index (χ3v) is 3.77. The molecule has 0 saturated heterocycles. The van der Waals surface area contributed by atoms with Gasteiger partial charge in [-0.1, -0.05) is 18.2 Å². The minimum absolute atomic E-state index is 0.742. The third kappa shape index (κ3) is 1.93. The van der Waals surface area contributed by atoms with Gasteiger partial charge in [0.15, 0.2) is 0 Å². The van der Waals surface area contributed by atoms with Crippen LogP contribution in [-0.2, 0) is 12.8 Å². The zero-order chi connectivity index (χ0) is 10.3. The number of aryl methyl sites for hydroxylation is 2. The SMILES string of the molecule is Cc1cccc2c1CC(NC1CC1)CC2. The van der Waals surface area contributed by atoms with Crippen LogP contribution in [0.5, 0.6) is 0 Å². The Kier molecular flexibility index (Phi) is 2.28. The lowest BCUT2D eigenvalue weighted by molar-refractivity contribution is 0.455. The molecule has 1 heteroatoms. The minimum atomic E-state index is 0.742. The standard InChI is InChI=1S/C14H19N/c1-10-3-2-4-11-5-6-13(9-14(10)11)15-12-7-8-12/h2-4,12-13,15H,5-9H2,1H3. The molecule has 1 N–H and O–H groups in total. The van der Waals surface area contributed by atoms with Crippen LogP contribution in [-0.4, -0.2) is 12.1 Å². The Morgan fingerprint density at radius 2 is 2.00 bits per heavy atom. The van der Waals surface area contributed by atoms with E-state index in [0.29, 0.717) is 0 Å². The lowest BCUT2D eigenvalue weighted by Crippen LogP contribution is -2.36. The van der Waals surface area contributed by atoms with E-state index in [4.69, 9.17) is 0 Å². The molecular weight excluding hydrogens is 182 g/mol. The van der Waals surface area contributed by atoms with Gasteiger partial charge in [0.25, 0.3) is 0 Å². The summed E-state index contributed by atoms with van der Waals surface area (Å²) in [6.07, 6.45) is 6.64. The van der Waals surface area contributed by atoms with E-state index in [0.717, 1.165) is 12.1 Å². The van der Waals surface area contributed by atoms with Gasteiger partial charge in [-0.25, -0.2) is 0 Å². The lowest BCUT2D eigenvalue weighted by Gasteiger charge is -2.27. The topological polar surface area (TPSA) is 12.0 Å². The van der Waals surface area contributed by atoms with E-state index in [1.54, 1.807) is 11.1 Å². The molecule has 0 aromatic heterocycles. The van der Waals surface area contributed by atoms with Crippen molar-refractivity contribution in [1.29, 1.82) is 0 Å². The van der Waals surface area contributed by atoms with Crippen molar-refractivity contribution < 1.29 is 0 Å². The van der Waals surface area contributed by atoms with E-state index in [2.05, 4.69) is 30.4 Å². The van der Waals surface area contributed by atoms with Crippen LogP contribution in [0.2, 0.25) is 0 Å². The molecule has 1 atom stereocenters. The maximum atomic E-state index is 3.76. The third-order valence-electron chi connectivity index (χ3n) is 3.77. The molecule has 0 amide bonds. The van der Waals surface area contributed by atoms with E-state index in [1.165, 1.54) is 37.7 Å². The number of rotatable bonds is 2. The Labute approximate surface area is 91.9 Å². The van der Waals surface area contributed by atoms with Crippen LogP contribution < -0.4 is 5.32 Å². The summed E-state index contributed by atoms with van der Waals surface area (Å²) < 4.78 is 0. The zero-order valence-corrected chi connectivity index (χ0v) is 9.42. The number of nitrogens with one attached hydrogen (secondary N) is 1. The molecule has 1 unspecified atom stereocenters. The molecule has 0 heterocycles. The van der Waals surface area contributed by atoms with Crippen molar-refractivity contribution in [3.05, 3.63) is 34.9 Å². The maximum absolute atomic E-state index is 3.76. The molecule has 0 bridgehead atoms. The Balaban J connectivity index is 1.78. The highest BCUT2D eigenvalue weighted by Crippen LogP contribution is 2.27. The number of benzene rings is 1. The van der Waals surface area contributed by atoms with Crippen molar-refractivity contribution in [3.63, 3.8) is 0 Å². The predicted octanol–water partition coefficient (Wildman–Crippen LogP) is 2.60. The summed E-state index contributed by atoms with van der Waals surface area (Å²) in [5.41, 5.74) is 4.68. The van der Waals surface area contributed by atoms with Crippen molar-refractivity contribution in [2.45, 2.75) is 51.1 Å². The first-order valence-electron chi connectivity index (χ1n) is 6.16. The summed E-state index contributed by atoms with van der Waals surface area (Å²) in [7, 11) is 0. The second-order valence-electron chi connectivity index (χ2n) is 5.09. The molecule has 1 fully saturated rings. The summed E-state index contributed by atoms with van der Waals surface area (Å²) in [5.74, 6) is 0. The smallest absolute Gasteiger partial charge is 0.0113 e. The van der Waals surface area contributed by atoms with Gasteiger partial charge in [0.05, 0.1) is 0 Å². The molecule has 0 aliphatic heterocycles. The fourth-order valence-electron chi connectivity index (χ4n) is 2.69. The van der Waals surface area contributed by atoms with Gasteiger partial charge in [-0.3, -0.25) is 0 Å². The molecule has 1 aromatic carbocycles. The summed E-state index contributed by atoms with van der Waals surface area (Å²) in [4.78, 5) is 0. The van der Waals surface area contributed by atoms with Crippen molar-refractivity contribution in [3.8, 4) is 0 Å². The predicted molar refractivity (Wildman–Crippen MR) is 63.1 cm³/mol. The number of hydrogen-bond donors (Lipinski definition) is 1. The van der Waals surface area contributed by atoms with E-state index >= 15 is 0 Å². The number of hydrogen-bond acceptors (Lipinski definition) is 1. The monoisotopic (exact) mass is 201 g/mol. The quantitative estimate of drug-likeness (QED) is 0.775. The van der Waals surface area contributed by atoms with E-state index < -0.39 is 0 Å². The molecule has 2 aliphatic rings. The molecule has 2 aliphatic carbocycles. The molecule has 15 heavy (non-hydrogen) atoms. The van der Waals surface area contributed by atoms with Gasteiger partial charge in [-0.05, 0) is 55.7 Å². The van der Waals surface area contributed by atoms with Crippen molar-refractivity contribution in [1.82, 2.24) is 5.32 Å². The second kappa shape index (κ2) is 3.64. The molecule has 0 spiro atoms. The van der Waals surface area contributed by atoms with Crippen LogP contribution in [0.1, 0.15) is 36.0 Å². The first kappa shape index (κ1) is 9.41. The summed E-state index contributed by atoms with van der Waals surface area (Å²) in [6, 6.07) is 8.34. The van der Waals surface area contributed by atoms with Gasteiger partial charge in [-0.15, -0.1) is 0 Å². The fraction of sp³-hybridized carbons (Fsp3) is 0.571. The van der Waals surface area contributed by atoms with E-state index in [-0.39, 0.29) is 0 Å². The molecule has 80 valence electrons. The van der Waals surface area contributed by atoms with Gasteiger partial charge >= 0.3 is 0 Å². The normalized spacial score (nSPS) is 25.0. The van der Waals surface area contributed by atoms with Crippen LogP contribution >= 0.6 is 0 Å². The van der Waals surface area contributed by atoms with Crippen LogP contribution in [0.15, 0.2) is 18.2 Å². The second-order valence-corrected chi connectivity index (χ2v) is 5.09. The van der Waals surface area contributed by atoms with Gasteiger partial charge in [-0.2, -0.15) is 0 Å². The highest BCUT2D eigenvalue weighted by Gasteiger charge is 2.27. The Morgan fingerprint density at radius 3 is 2.80 bits per heavy atom. The highest BCUT2D eigenvalue weighted by molar-refractivity contribution is 5.37. The van der Waals surface area contributed by atoms with Crippen LogP contribution in [0, 0.1) is 6.92 Å². The minimum Gasteiger partial charge on any atom is -0.311 e. The van der Waals surface area contributed by atoms with Crippen molar-refractivity contribution in [2.24, 2.45) is 0 Å². The zero-order valence-electron chi connectivity index (χ0n) is 9.42. The molecule has 1 nitrogen and oxygen atoms in total. The summed E-state index contributed by atoms with van der Waals surface area (Å²) in [5, 5.41) is 3.76. The Morgan fingerprint density at radius 1 is 1.13 bits per heavy atom. The van der Waals surface area contributed by atoms with Gasteiger partial charge < -0.3 is 5.32 Å². The summed E-state index contributed by atoms with van der Waals surface area (Å²) in [6.45, 7) is 2.25. The molecule has 3 rings (SSSR count). The maximum Gasteiger partial charge on any atom is 0.0113 e.